The lowest BCUT2D eigenvalue weighted by Crippen LogP contribution is -2.33. The summed E-state index contributed by atoms with van der Waals surface area (Å²) in [7, 11) is 0. The van der Waals surface area contributed by atoms with Crippen LogP contribution in [-0.2, 0) is 9.53 Å². The van der Waals surface area contributed by atoms with E-state index >= 15 is 0 Å². The van der Waals surface area contributed by atoms with Crippen molar-refractivity contribution < 1.29 is 9.53 Å². The fourth-order valence-corrected chi connectivity index (χ4v) is 1.94. The maximum absolute atomic E-state index is 11.4. The Labute approximate surface area is 99.1 Å². The quantitative estimate of drug-likeness (QED) is 0.448. The van der Waals surface area contributed by atoms with Gasteiger partial charge in [0.1, 0.15) is 0 Å². The van der Waals surface area contributed by atoms with E-state index in [-0.39, 0.29) is 5.97 Å². The van der Waals surface area contributed by atoms with Crippen LogP contribution in [0.4, 0.5) is 0 Å². The Hall–Kier alpha value is -0.570. The minimum Gasteiger partial charge on any atom is -0.465 e. The third-order valence-electron chi connectivity index (χ3n) is 3.00. The molecule has 1 fully saturated rings. The fourth-order valence-electron chi connectivity index (χ4n) is 1.94. The monoisotopic (exact) mass is 227 g/mol. The molecule has 0 aromatic carbocycles. The van der Waals surface area contributed by atoms with E-state index in [0.717, 1.165) is 6.54 Å². The number of rotatable bonds is 9. The number of esters is 1. The lowest BCUT2D eigenvalue weighted by molar-refractivity contribution is -0.144. The average Bonchev–Trinajstić information content (AvgIpc) is 3.06. The smallest absolute Gasteiger partial charge is 0.320 e. The van der Waals surface area contributed by atoms with Crippen LogP contribution in [0.1, 0.15) is 52.4 Å². The fraction of sp³-hybridized carbons (Fsp3) is 0.923. The van der Waals surface area contributed by atoms with Gasteiger partial charge in [-0.1, -0.05) is 26.2 Å². The van der Waals surface area contributed by atoms with Crippen molar-refractivity contribution in [2.24, 2.45) is 0 Å². The molecule has 1 aliphatic carbocycles. The highest BCUT2D eigenvalue weighted by Crippen LogP contribution is 2.26. The SMILES string of the molecule is CCCCCCN(CC(=O)OCC)C1CC1. The van der Waals surface area contributed by atoms with E-state index in [0.29, 0.717) is 19.2 Å². The largest absolute Gasteiger partial charge is 0.465 e. The topological polar surface area (TPSA) is 29.5 Å². The third kappa shape index (κ3) is 5.50. The summed E-state index contributed by atoms with van der Waals surface area (Å²) in [5.74, 6) is -0.0649. The van der Waals surface area contributed by atoms with E-state index in [1.165, 1.54) is 38.5 Å². The zero-order valence-corrected chi connectivity index (χ0v) is 10.7. The summed E-state index contributed by atoms with van der Waals surface area (Å²) < 4.78 is 5.00. The van der Waals surface area contributed by atoms with Gasteiger partial charge in [-0.3, -0.25) is 9.69 Å². The standard InChI is InChI=1S/C13H25NO2/c1-3-5-6-7-10-14(12-8-9-12)11-13(15)16-4-2/h12H,3-11H2,1-2H3. The number of hydrogen-bond donors (Lipinski definition) is 0. The van der Waals surface area contributed by atoms with E-state index in [4.69, 9.17) is 4.74 Å². The maximum Gasteiger partial charge on any atom is 0.320 e. The second kappa shape index (κ2) is 7.66. The minimum absolute atomic E-state index is 0.0649. The first-order valence-electron chi connectivity index (χ1n) is 6.67. The molecular formula is C13H25NO2. The normalized spacial score (nSPS) is 15.4. The van der Waals surface area contributed by atoms with Crippen LogP contribution in [0.15, 0.2) is 0 Å². The summed E-state index contributed by atoms with van der Waals surface area (Å²) in [5.41, 5.74) is 0. The van der Waals surface area contributed by atoms with Crippen LogP contribution in [0.2, 0.25) is 0 Å². The molecule has 0 unspecified atom stereocenters. The molecule has 0 heterocycles. The van der Waals surface area contributed by atoms with Gasteiger partial charge < -0.3 is 4.74 Å². The lowest BCUT2D eigenvalue weighted by Gasteiger charge is -2.20. The average molecular weight is 227 g/mol. The first kappa shape index (κ1) is 13.5. The summed E-state index contributed by atoms with van der Waals surface area (Å²) in [5, 5.41) is 0. The van der Waals surface area contributed by atoms with Crippen LogP contribution in [0.5, 0.6) is 0 Å². The van der Waals surface area contributed by atoms with Gasteiger partial charge in [0.2, 0.25) is 0 Å². The summed E-state index contributed by atoms with van der Waals surface area (Å²) in [6.07, 6.45) is 7.58. The van der Waals surface area contributed by atoms with E-state index in [9.17, 15) is 4.79 Å². The molecule has 3 nitrogen and oxygen atoms in total. The van der Waals surface area contributed by atoms with Gasteiger partial charge in [-0.15, -0.1) is 0 Å². The first-order valence-corrected chi connectivity index (χ1v) is 6.67. The first-order chi connectivity index (χ1) is 7.77. The molecule has 1 rings (SSSR count). The number of ether oxygens (including phenoxy) is 1. The van der Waals surface area contributed by atoms with Crippen LogP contribution in [0, 0.1) is 0 Å². The van der Waals surface area contributed by atoms with Crippen molar-refractivity contribution in [3.8, 4) is 0 Å². The van der Waals surface area contributed by atoms with Crippen LogP contribution in [-0.4, -0.2) is 36.6 Å². The molecule has 0 bridgehead atoms. The Morgan fingerprint density at radius 3 is 2.56 bits per heavy atom. The van der Waals surface area contributed by atoms with E-state index < -0.39 is 0 Å². The van der Waals surface area contributed by atoms with Crippen LogP contribution in [0.3, 0.4) is 0 Å². The summed E-state index contributed by atoms with van der Waals surface area (Å²) in [6.45, 7) is 6.12. The third-order valence-corrected chi connectivity index (χ3v) is 3.00. The molecule has 0 aromatic rings. The Morgan fingerprint density at radius 1 is 1.25 bits per heavy atom. The zero-order valence-electron chi connectivity index (χ0n) is 10.7. The van der Waals surface area contributed by atoms with E-state index in [1.54, 1.807) is 0 Å². The van der Waals surface area contributed by atoms with Crippen molar-refractivity contribution in [3.63, 3.8) is 0 Å². The van der Waals surface area contributed by atoms with Crippen molar-refractivity contribution >= 4 is 5.97 Å². The van der Waals surface area contributed by atoms with Gasteiger partial charge in [0.25, 0.3) is 0 Å². The van der Waals surface area contributed by atoms with Gasteiger partial charge in [0.05, 0.1) is 13.2 Å². The van der Waals surface area contributed by atoms with Gasteiger partial charge >= 0.3 is 5.97 Å². The van der Waals surface area contributed by atoms with E-state index in [1.807, 2.05) is 6.92 Å². The summed E-state index contributed by atoms with van der Waals surface area (Å²) in [6, 6.07) is 0.658. The van der Waals surface area contributed by atoms with Gasteiger partial charge in [0.15, 0.2) is 0 Å². The van der Waals surface area contributed by atoms with Gasteiger partial charge in [0, 0.05) is 6.04 Å². The summed E-state index contributed by atoms with van der Waals surface area (Å²) >= 11 is 0. The second-order valence-corrected chi connectivity index (χ2v) is 4.57. The Kier molecular flexibility index (Phi) is 6.46. The van der Waals surface area contributed by atoms with Gasteiger partial charge in [-0.2, -0.15) is 0 Å². The highest BCUT2D eigenvalue weighted by atomic mass is 16.5. The molecule has 1 saturated carbocycles. The molecule has 0 saturated heterocycles. The zero-order chi connectivity index (χ0) is 11.8. The second-order valence-electron chi connectivity index (χ2n) is 4.57. The molecule has 0 N–H and O–H groups in total. The molecule has 0 radical (unpaired) electrons. The molecule has 16 heavy (non-hydrogen) atoms. The number of carbonyl (C=O) groups is 1. The Bertz CT molecular complexity index is 202. The number of hydrogen-bond acceptors (Lipinski definition) is 3. The van der Waals surface area contributed by atoms with Gasteiger partial charge in [-0.25, -0.2) is 0 Å². The van der Waals surface area contributed by atoms with Crippen LogP contribution < -0.4 is 0 Å². The number of unbranched alkanes of at least 4 members (excludes halogenated alkanes) is 3. The predicted octanol–water partition coefficient (Wildman–Crippen LogP) is 2.59. The molecule has 0 aromatic heterocycles. The van der Waals surface area contributed by atoms with Crippen molar-refractivity contribution in [2.45, 2.75) is 58.4 Å². The van der Waals surface area contributed by atoms with Crippen LogP contribution >= 0.6 is 0 Å². The number of nitrogens with zero attached hydrogens (tertiary/aromatic N) is 1. The molecule has 3 heteroatoms. The molecule has 0 amide bonds. The van der Waals surface area contributed by atoms with Crippen molar-refractivity contribution in [2.75, 3.05) is 19.7 Å². The van der Waals surface area contributed by atoms with Crippen molar-refractivity contribution in [1.82, 2.24) is 4.90 Å². The Morgan fingerprint density at radius 2 is 2.00 bits per heavy atom. The van der Waals surface area contributed by atoms with Crippen molar-refractivity contribution in [3.05, 3.63) is 0 Å². The Balaban J connectivity index is 2.17. The molecule has 0 aliphatic heterocycles. The van der Waals surface area contributed by atoms with Gasteiger partial charge in [-0.05, 0) is 32.7 Å². The highest BCUT2D eigenvalue weighted by Gasteiger charge is 2.29. The lowest BCUT2D eigenvalue weighted by atomic mass is 10.2. The molecular weight excluding hydrogens is 202 g/mol. The maximum atomic E-state index is 11.4. The summed E-state index contributed by atoms with van der Waals surface area (Å²) in [4.78, 5) is 13.7. The molecule has 0 spiro atoms. The molecule has 0 atom stereocenters. The molecule has 94 valence electrons. The predicted molar refractivity (Wildman–Crippen MR) is 65.4 cm³/mol. The van der Waals surface area contributed by atoms with Crippen molar-refractivity contribution in [1.29, 1.82) is 0 Å². The number of carbonyl (C=O) groups excluding carboxylic acids is 1. The highest BCUT2D eigenvalue weighted by molar-refractivity contribution is 5.71. The minimum atomic E-state index is -0.0649. The molecule has 1 aliphatic rings. The van der Waals surface area contributed by atoms with Crippen LogP contribution in [0.25, 0.3) is 0 Å². The van der Waals surface area contributed by atoms with E-state index in [2.05, 4.69) is 11.8 Å².